The molecule has 8 heteroatoms. The molecule has 0 saturated heterocycles. The lowest BCUT2D eigenvalue weighted by atomic mass is 10.0. The molecular weight excluding hydrogens is 344 g/mol. The monoisotopic (exact) mass is 364 g/mol. The summed E-state index contributed by atoms with van der Waals surface area (Å²) in [5.41, 5.74) is 2.68. The fourth-order valence-electron chi connectivity index (χ4n) is 3.14. The largest absolute Gasteiger partial charge is 0.493 e. The van der Waals surface area contributed by atoms with Crippen LogP contribution < -0.4 is 15.4 Å². The number of carbonyl (C=O) groups excluding carboxylic acids is 1. The Kier molecular flexibility index (Phi) is 4.69. The Morgan fingerprint density at radius 1 is 1.26 bits per heavy atom. The molecule has 27 heavy (non-hydrogen) atoms. The number of ether oxygens (including phenoxy) is 1. The third-order valence-electron chi connectivity index (χ3n) is 4.46. The molecule has 0 radical (unpaired) electrons. The molecule has 0 spiro atoms. The summed E-state index contributed by atoms with van der Waals surface area (Å²) in [4.78, 5) is 12.4. The van der Waals surface area contributed by atoms with Crippen LogP contribution in [0.1, 0.15) is 23.9 Å². The Morgan fingerprint density at radius 3 is 3.00 bits per heavy atom. The maximum atomic E-state index is 12.4. The zero-order valence-corrected chi connectivity index (χ0v) is 14.9. The molecule has 2 heterocycles. The second kappa shape index (κ2) is 7.45. The summed E-state index contributed by atoms with van der Waals surface area (Å²) in [5, 5.41) is 17.7. The Morgan fingerprint density at radius 2 is 2.15 bits per heavy atom. The number of aryl methyl sites for hydroxylation is 1. The van der Waals surface area contributed by atoms with Crippen molar-refractivity contribution in [2.45, 2.75) is 19.4 Å². The second-order valence-corrected chi connectivity index (χ2v) is 6.34. The molecule has 1 aliphatic heterocycles. The summed E-state index contributed by atoms with van der Waals surface area (Å²) in [6.07, 6.45) is 0.761. The maximum Gasteiger partial charge on any atom is 0.239 e. The van der Waals surface area contributed by atoms with Crippen LogP contribution in [0.4, 0.5) is 5.69 Å². The van der Waals surface area contributed by atoms with Crippen LogP contribution in [0.5, 0.6) is 5.75 Å². The quantitative estimate of drug-likeness (QED) is 0.719. The molecule has 0 saturated carbocycles. The lowest BCUT2D eigenvalue weighted by Crippen LogP contribution is -2.35. The topological polar surface area (TPSA) is 94.0 Å². The van der Waals surface area contributed by atoms with E-state index in [1.54, 1.807) is 4.68 Å². The fourth-order valence-corrected chi connectivity index (χ4v) is 3.14. The number of hydrogen-bond acceptors (Lipinski definition) is 6. The number of nitrogens with one attached hydrogen (secondary N) is 2. The predicted molar refractivity (Wildman–Crippen MR) is 99.8 cm³/mol. The van der Waals surface area contributed by atoms with Crippen molar-refractivity contribution in [1.82, 2.24) is 25.5 Å². The molecule has 1 atom stereocenters. The van der Waals surface area contributed by atoms with Crippen LogP contribution >= 0.6 is 0 Å². The highest BCUT2D eigenvalue weighted by Crippen LogP contribution is 2.31. The van der Waals surface area contributed by atoms with Crippen molar-refractivity contribution in [1.29, 1.82) is 0 Å². The van der Waals surface area contributed by atoms with Crippen molar-refractivity contribution in [3.8, 4) is 11.4 Å². The van der Waals surface area contributed by atoms with Crippen LogP contribution in [0.15, 0.2) is 48.5 Å². The minimum atomic E-state index is -0.0688. The smallest absolute Gasteiger partial charge is 0.239 e. The molecule has 8 nitrogen and oxygen atoms in total. The number of benzene rings is 2. The molecule has 0 bridgehead atoms. The van der Waals surface area contributed by atoms with Gasteiger partial charge in [-0.05, 0) is 41.6 Å². The Labute approximate surface area is 156 Å². The predicted octanol–water partition coefficient (Wildman–Crippen LogP) is 2.02. The third kappa shape index (κ3) is 3.74. The molecule has 2 aromatic carbocycles. The van der Waals surface area contributed by atoms with E-state index in [-0.39, 0.29) is 18.5 Å². The van der Waals surface area contributed by atoms with E-state index in [2.05, 4.69) is 26.2 Å². The van der Waals surface area contributed by atoms with Gasteiger partial charge in [-0.1, -0.05) is 24.3 Å². The van der Waals surface area contributed by atoms with Gasteiger partial charge in [-0.25, -0.2) is 0 Å². The Bertz CT molecular complexity index is 955. The number of amides is 1. The highest BCUT2D eigenvalue weighted by Gasteiger charge is 2.22. The molecule has 0 aliphatic carbocycles. The van der Waals surface area contributed by atoms with E-state index in [1.807, 2.05) is 55.5 Å². The van der Waals surface area contributed by atoms with Crippen molar-refractivity contribution in [3.63, 3.8) is 0 Å². The number of para-hydroxylation sites is 1. The normalized spacial score (nSPS) is 15.5. The highest BCUT2D eigenvalue weighted by atomic mass is 16.5. The molecule has 1 aromatic heterocycles. The summed E-state index contributed by atoms with van der Waals surface area (Å²) in [6, 6.07) is 15.4. The molecule has 3 aromatic rings. The van der Waals surface area contributed by atoms with Crippen LogP contribution in [-0.2, 0) is 4.79 Å². The van der Waals surface area contributed by atoms with Crippen LogP contribution in [0.3, 0.4) is 0 Å². The number of anilines is 1. The first kappa shape index (κ1) is 17.0. The number of fused-ring (bicyclic) bond motifs is 1. The number of rotatable bonds is 5. The standard InChI is InChI=1S/C19H20N6O2/c1-13-22-23-24-25(13)15-6-4-5-14(11-15)20-12-19(26)21-17-9-10-27-18-8-3-2-7-16(17)18/h2-8,11,17,20H,9-10,12H2,1H3,(H,21,26)/t17-/m0/s1. The van der Waals surface area contributed by atoms with E-state index in [0.29, 0.717) is 12.4 Å². The molecule has 1 amide bonds. The van der Waals surface area contributed by atoms with E-state index >= 15 is 0 Å². The molecule has 1 aliphatic rings. The summed E-state index contributed by atoms with van der Waals surface area (Å²) < 4.78 is 7.28. The molecule has 2 N–H and O–H groups in total. The van der Waals surface area contributed by atoms with Gasteiger partial charge >= 0.3 is 0 Å². The third-order valence-corrected chi connectivity index (χ3v) is 4.46. The van der Waals surface area contributed by atoms with E-state index in [0.717, 1.165) is 29.1 Å². The van der Waals surface area contributed by atoms with Crippen molar-refractivity contribution in [2.75, 3.05) is 18.5 Å². The van der Waals surface area contributed by atoms with Crippen molar-refractivity contribution >= 4 is 11.6 Å². The van der Waals surface area contributed by atoms with Crippen molar-refractivity contribution in [2.24, 2.45) is 0 Å². The van der Waals surface area contributed by atoms with Gasteiger partial charge in [-0.15, -0.1) is 5.10 Å². The number of aromatic nitrogens is 4. The van der Waals surface area contributed by atoms with E-state index < -0.39 is 0 Å². The number of hydrogen-bond donors (Lipinski definition) is 2. The van der Waals surface area contributed by atoms with Gasteiger partial charge in [0.2, 0.25) is 5.91 Å². The maximum absolute atomic E-state index is 12.4. The van der Waals surface area contributed by atoms with Crippen LogP contribution in [0.2, 0.25) is 0 Å². The van der Waals surface area contributed by atoms with Gasteiger partial charge in [0.25, 0.3) is 0 Å². The first-order valence-electron chi connectivity index (χ1n) is 8.81. The number of carbonyl (C=O) groups is 1. The van der Waals surface area contributed by atoms with Gasteiger partial charge in [-0.3, -0.25) is 4.79 Å². The molecule has 0 fully saturated rings. The molecule has 0 unspecified atom stereocenters. The van der Waals surface area contributed by atoms with E-state index in [1.165, 1.54) is 0 Å². The zero-order valence-electron chi connectivity index (χ0n) is 14.9. The summed E-state index contributed by atoms with van der Waals surface area (Å²) in [7, 11) is 0. The van der Waals surface area contributed by atoms with Gasteiger partial charge in [0.15, 0.2) is 5.82 Å². The van der Waals surface area contributed by atoms with Crippen molar-refractivity contribution < 1.29 is 9.53 Å². The lowest BCUT2D eigenvalue weighted by Gasteiger charge is -2.26. The van der Waals surface area contributed by atoms with Gasteiger partial charge in [0.05, 0.1) is 24.9 Å². The Hall–Kier alpha value is -3.42. The highest BCUT2D eigenvalue weighted by molar-refractivity contribution is 5.81. The fraction of sp³-hybridized carbons (Fsp3) is 0.263. The first-order valence-corrected chi connectivity index (χ1v) is 8.81. The average molecular weight is 364 g/mol. The summed E-state index contributed by atoms with van der Waals surface area (Å²) in [5.74, 6) is 1.47. The minimum absolute atomic E-state index is 0.0283. The van der Waals surface area contributed by atoms with Gasteiger partial charge in [0, 0.05) is 17.7 Å². The lowest BCUT2D eigenvalue weighted by molar-refractivity contribution is -0.120. The van der Waals surface area contributed by atoms with Crippen molar-refractivity contribution in [3.05, 3.63) is 59.9 Å². The van der Waals surface area contributed by atoms with E-state index in [4.69, 9.17) is 4.74 Å². The van der Waals surface area contributed by atoms with Gasteiger partial charge in [0.1, 0.15) is 5.75 Å². The van der Waals surface area contributed by atoms with Gasteiger partial charge in [-0.2, -0.15) is 4.68 Å². The average Bonchev–Trinajstić information content (AvgIpc) is 3.13. The Balaban J connectivity index is 1.39. The second-order valence-electron chi connectivity index (χ2n) is 6.34. The van der Waals surface area contributed by atoms with E-state index in [9.17, 15) is 4.79 Å². The SMILES string of the molecule is Cc1nnnn1-c1cccc(NCC(=O)N[C@H]2CCOc3ccccc32)c1. The minimum Gasteiger partial charge on any atom is -0.493 e. The van der Waals surface area contributed by atoms with Gasteiger partial charge < -0.3 is 15.4 Å². The summed E-state index contributed by atoms with van der Waals surface area (Å²) in [6.45, 7) is 2.61. The molecule has 138 valence electrons. The van der Waals surface area contributed by atoms with Crippen LogP contribution in [0.25, 0.3) is 5.69 Å². The number of nitrogens with zero attached hydrogens (tertiary/aromatic N) is 4. The summed E-state index contributed by atoms with van der Waals surface area (Å²) >= 11 is 0. The van der Waals surface area contributed by atoms with Crippen LogP contribution in [0, 0.1) is 6.92 Å². The first-order chi connectivity index (χ1) is 13.2. The van der Waals surface area contributed by atoms with Crippen LogP contribution in [-0.4, -0.2) is 39.3 Å². The molecular formula is C19H20N6O2. The number of tetrazole rings is 1. The molecule has 4 rings (SSSR count). The zero-order chi connectivity index (χ0) is 18.6.